The molecule has 0 spiro atoms. The van der Waals surface area contributed by atoms with Crippen molar-refractivity contribution in [2.45, 2.75) is 6.10 Å². The lowest BCUT2D eigenvalue weighted by Crippen LogP contribution is -2.12. The molecule has 5 nitrogen and oxygen atoms in total. The summed E-state index contributed by atoms with van der Waals surface area (Å²) >= 11 is 0. The van der Waals surface area contributed by atoms with E-state index >= 15 is 0 Å². The van der Waals surface area contributed by atoms with E-state index in [-0.39, 0.29) is 11.3 Å². The highest BCUT2D eigenvalue weighted by Crippen LogP contribution is 2.31. The zero-order valence-corrected chi connectivity index (χ0v) is 11.9. The van der Waals surface area contributed by atoms with Crippen molar-refractivity contribution >= 4 is 5.78 Å². The smallest absolute Gasteiger partial charge is 0.199 e. The summed E-state index contributed by atoms with van der Waals surface area (Å²) in [6.45, 7) is 0. The van der Waals surface area contributed by atoms with Crippen molar-refractivity contribution in [2.75, 3.05) is 14.2 Å². The van der Waals surface area contributed by atoms with Crippen LogP contribution in [0.25, 0.3) is 0 Å². The lowest BCUT2D eigenvalue weighted by Gasteiger charge is -2.11. The maximum Gasteiger partial charge on any atom is 0.199 e. The number of methoxy groups -OCH3 is 1. The number of hydrogen-bond donors (Lipinski definition) is 3. The molecule has 0 saturated carbocycles. The van der Waals surface area contributed by atoms with Crippen LogP contribution in [0.5, 0.6) is 11.5 Å². The number of aromatic hydroxyl groups is 2. The van der Waals surface area contributed by atoms with Gasteiger partial charge in [0.2, 0.25) is 0 Å². The van der Waals surface area contributed by atoms with Crippen molar-refractivity contribution < 1.29 is 24.9 Å². The van der Waals surface area contributed by atoms with Crippen LogP contribution in [-0.2, 0) is 4.74 Å². The van der Waals surface area contributed by atoms with Gasteiger partial charge in [-0.15, -0.1) is 0 Å². The number of ketones is 1. The van der Waals surface area contributed by atoms with Gasteiger partial charge in [-0.25, -0.2) is 0 Å². The number of aliphatic hydroxyl groups is 1. The maximum absolute atomic E-state index is 12.0. The first-order chi connectivity index (χ1) is 10.0. The monoisotopic (exact) mass is 290 g/mol. The summed E-state index contributed by atoms with van der Waals surface area (Å²) < 4.78 is 4.25. The SMILES string of the molecule is COC.O=C(c1cccc(O)c1O)C(O)c1ccccc1. The fourth-order valence-electron chi connectivity index (χ4n) is 1.66. The number of rotatable bonds is 3. The van der Waals surface area contributed by atoms with Gasteiger partial charge in [-0.1, -0.05) is 36.4 Å². The number of ether oxygens (including phenoxy) is 1. The normalized spacial score (nSPS) is 11.2. The molecule has 3 N–H and O–H groups in total. The fourth-order valence-corrected chi connectivity index (χ4v) is 1.66. The number of phenolic OH excluding ortho intramolecular Hbond substituents is 2. The van der Waals surface area contributed by atoms with Gasteiger partial charge in [0.05, 0.1) is 5.56 Å². The number of carbonyl (C=O) groups excluding carboxylic acids is 1. The van der Waals surface area contributed by atoms with E-state index in [4.69, 9.17) is 0 Å². The number of phenols is 2. The molecule has 0 aliphatic carbocycles. The third kappa shape index (κ3) is 4.30. The Morgan fingerprint density at radius 1 is 1.00 bits per heavy atom. The van der Waals surface area contributed by atoms with Gasteiger partial charge in [-0.2, -0.15) is 0 Å². The molecule has 0 aliphatic rings. The summed E-state index contributed by atoms with van der Waals surface area (Å²) in [5.74, 6) is -1.56. The number of hydrogen-bond acceptors (Lipinski definition) is 5. The predicted molar refractivity (Wildman–Crippen MR) is 78.4 cm³/mol. The Bertz CT molecular complexity index is 580. The topological polar surface area (TPSA) is 87.0 Å². The zero-order chi connectivity index (χ0) is 15.8. The molecule has 5 heteroatoms. The second kappa shape index (κ2) is 8.04. The molecule has 2 aromatic carbocycles. The van der Waals surface area contributed by atoms with Gasteiger partial charge in [0.1, 0.15) is 6.10 Å². The van der Waals surface area contributed by atoms with E-state index < -0.39 is 17.6 Å². The van der Waals surface area contributed by atoms with Crippen LogP contribution in [0.4, 0.5) is 0 Å². The summed E-state index contributed by atoms with van der Waals surface area (Å²) in [6.07, 6.45) is -1.36. The van der Waals surface area contributed by atoms with Crippen LogP contribution < -0.4 is 0 Å². The summed E-state index contributed by atoms with van der Waals surface area (Å²) in [4.78, 5) is 12.0. The molecule has 0 aliphatic heterocycles. The largest absolute Gasteiger partial charge is 0.504 e. The second-order valence-electron chi connectivity index (χ2n) is 4.26. The molecule has 0 amide bonds. The number of Topliss-reactive ketones (excluding diaryl/α,β-unsaturated/α-hetero) is 1. The van der Waals surface area contributed by atoms with Crippen LogP contribution in [0.3, 0.4) is 0 Å². The standard InChI is InChI=1S/C14H12O4.C2H6O/c15-11-8-4-7-10(13(11)17)14(18)12(16)9-5-2-1-3-6-9;1-3-2/h1-8,12,15-17H;1-2H3. The highest BCUT2D eigenvalue weighted by atomic mass is 16.4. The lowest BCUT2D eigenvalue weighted by atomic mass is 9.99. The van der Waals surface area contributed by atoms with E-state index in [1.54, 1.807) is 44.6 Å². The Morgan fingerprint density at radius 2 is 1.57 bits per heavy atom. The Hall–Kier alpha value is -2.37. The number of aliphatic hydroxyl groups excluding tert-OH is 1. The van der Waals surface area contributed by atoms with Crippen molar-refractivity contribution in [3.05, 3.63) is 59.7 Å². The van der Waals surface area contributed by atoms with E-state index in [1.165, 1.54) is 18.2 Å². The molecule has 0 radical (unpaired) electrons. The predicted octanol–water partition coefficient (Wildman–Crippen LogP) is 2.28. The van der Waals surface area contributed by atoms with E-state index in [2.05, 4.69) is 4.74 Å². The first kappa shape index (κ1) is 16.7. The first-order valence-electron chi connectivity index (χ1n) is 6.21. The van der Waals surface area contributed by atoms with Crippen molar-refractivity contribution in [1.29, 1.82) is 0 Å². The summed E-state index contributed by atoms with van der Waals surface area (Å²) in [5.41, 5.74) is 0.330. The lowest BCUT2D eigenvalue weighted by molar-refractivity contribution is 0.0744. The van der Waals surface area contributed by atoms with Crippen molar-refractivity contribution in [3.8, 4) is 11.5 Å². The molecule has 0 bridgehead atoms. The molecule has 0 aromatic heterocycles. The highest BCUT2D eigenvalue weighted by molar-refractivity contribution is 6.02. The third-order valence-electron chi connectivity index (χ3n) is 2.64. The van der Waals surface area contributed by atoms with E-state index in [0.29, 0.717) is 5.56 Å². The minimum atomic E-state index is -1.36. The molecule has 2 rings (SSSR count). The van der Waals surface area contributed by atoms with Gasteiger partial charge in [-0.05, 0) is 17.7 Å². The van der Waals surface area contributed by atoms with Gasteiger partial charge in [0.15, 0.2) is 17.3 Å². The first-order valence-corrected chi connectivity index (χ1v) is 6.21. The quantitative estimate of drug-likeness (QED) is 0.596. The molecule has 0 heterocycles. The van der Waals surface area contributed by atoms with Gasteiger partial charge in [0.25, 0.3) is 0 Å². The number of carbonyl (C=O) groups is 1. The van der Waals surface area contributed by atoms with E-state index in [9.17, 15) is 20.1 Å². The molecule has 21 heavy (non-hydrogen) atoms. The minimum Gasteiger partial charge on any atom is -0.504 e. The van der Waals surface area contributed by atoms with Crippen molar-refractivity contribution in [3.63, 3.8) is 0 Å². The third-order valence-corrected chi connectivity index (χ3v) is 2.64. The number of para-hydroxylation sites is 1. The van der Waals surface area contributed by atoms with Crippen molar-refractivity contribution in [1.82, 2.24) is 0 Å². The maximum atomic E-state index is 12.0. The number of benzene rings is 2. The summed E-state index contributed by atoms with van der Waals surface area (Å²) in [6, 6.07) is 12.4. The summed E-state index contributed by atoms with van der Waals surface area (Å²) in [7, 11) is 3.25. The van der Waals surface area contributed by atoms with Crippen molar-refractivity contribution in [2.24, 2.45) is 0 Å². The van der Waals surface area contributed by atoms with Crippen LogP contribution in [0.1, 0.15) is 22.0 Å². The van der Waals surface area contributed by atoms with Gasteiger partial charge >= 0.3 is 0 Å². The van der Waals surface area contributed by atoms with Gasteiger partial charge in [0, 0.05) is 14.2 Å². The average Bonchev–Trinajstić information content (AvgIpc) is 2.50. The highest BCUT2D eigenvalue weighted by Gasteiger charge is 2.22. The van der Waals surface area contributed by atoms with Gasteiger partial charge in [-0.3, -0.25) is 4.79 Å². The summed E-state index contributed by atoms with van der Waals surface area (Å²) in [5, 5.41) is 28.8. The minimum absolute atomic E-state index is 0.105. The van der Waals surface area contributed by atoms with Crippen LogP contribution in [0.2, 0.25) is 0 Å². The molecule has 1 atom stereocenters. The zero-order valence-electron chi connectivity index (χ0n) is 11.9. The average molecular weight is 290 g/mol. The molecule has 1 unspecified atom stereocenters. The molecule has 0 fully saturated rings. The Labute approximate surface area is 123 Å². The van der Waals surface area contributed by atoms with Crippen LogP contribution >= 0.6 is 0 Å². The Morgan fingerprint density at radius 3 is 2.14 bits per heavy atom. The van der Waals surface area contributed by atoms with Crippen LogP contribution in [0, 0.1) is 0 Å². The molecular weight excluding hydrogens is 272 g/mol. The molecule has 2 aromatic rings. The molecular formula is C16H18O5. The van der Waals surface area contributed by atoms with E-state index in [0.717, 1.165) is 0 Å². The Kier molecular flexibility index (Phi) is 6.39. The fraction of sp³-hybridized carbons (Fsp3) is 0.188. The second-order valence-corrected chi connectivity index (χ2v) is 4.26. The molecule has 0 saturated heterocycles. The van der Waals surface area contributed by atoms with Crippen LogP contribution in [0.15, 0.2) is 48.5 Å². The Balaban J connectivity index is 0.000000677. The molecule has 112 valence electrons. The van der Waals surface area contributed by atoms with Crippen LogP contribution in [-0.4, -0.2) is 35.3 Å². The van der Waals surface area contributed by atoms with E-state index in [1.807, 2.05) is 0 Å². The van der Waals surface area contributed by atoms with Gasteiger partial charge < -0.3 is 20.1 Å².